The first-order valence-corrected chi connectivity index (χ1v) is 11.6. The van der Waals surface area contributed by atoms with E-state index in [1.165, 1.54) is 6.33 Å². The largest absolute Gasteiger partial charge is 0.493 e. The Morgan fingerprint density at radius 2 is 1.81 bits per heavy atom. The topological polar surface area (TPSA) is 90.3 Å². The molecule has 5 rings (SSSR count). The molecule has 0 aliphatic carbocycles. The standard InChI is InChI=1S/C28H27N5O3/c1-18-9-7-8-12-22(18)32-27(34)25-19(2)31-28-29-17-30-33(28)26(25)21-13-14-23(24(15-21)35-3)36-16-20-10-5-4-6-11-20/h4-15,17,26H,16H2,1-3H3,(H,32,34)(H,29,30,31). The van der Waals surface area contributed by atoms with Gasteiger partial charge in [-0.25, -0.2) is 4.68 Å². The molecule has 8 nitrogen and oxygen atoms in total. The van der Waals surface area contributed by atoms with Crippen LogP contribution in [0.15, 0.2) is 90.4 Å². The van der Waals surface area contributed by atoms with E-state index in [1.54, 1.807) is 11.8 Å². The van der Waals surface area contributed by atoms with E-state index in [2.05, 4.69) is 20.7 Å². The van der Waals surface area contributed by atoms with Crippen molar-refractivity contribution in [3.8, 4) is 11.5 Å². The van der Waals surface area contributed by atoms with Gasteiger partial charge in [0.1, 0.15) is 19.0 Å². The first-order chi connectivity index (χ1) is 17.5. The molecule has 0 bridgehead atoms. The number of ether oxygens (including phenoxy) is 2. The van der Waals surface area contributed by atoms with E-state index in [-0.39, 0.29) is 5.91 Å². The Hall–Kier alpha value is -4.59. The highest BCUT2D eigenvalue weighted by Crippen LogP contribution is 2.39. The van der Waals surface area contributed by atoms with Crippen molar-refractivity contribution < 1.29 is 14.3 Å². The van der Waals surface area contributed by atoms with E-state index >= 15 is 0 Å². The maximum atomic E-state index is 13.6. The van der Waals surface area contributed by atoms with Crippen LogP contribution < -0.4 is 20.1 Å². The average molecular weight is 482 g/mol. The Morgan fingerprint density at radius 3 is 2.58 bits per heavy atom. The van der Waals surface area contributed by atoms with Gasteiger partial charge >= 0.3 is 0 Å². The molecule has 2 heterocycles. The zero-order valence-electron chi connectivity index (χ0n) is 20.4. The monoisotopic (exact) mass is 481 g/mol. The number of anilines is 2. The fraction of sp³-hybridized carbons (Fsp3) is 0.179. The van der Waals surface area contributed by atoms with E-state index in [0.29, 0.717) is 35.3 Å². The van der Waals surface area contributed by atoms with Crippen LogP contribution in [0.25, 0.3) is 0 Å². The van der Waals surface area contributed by atoms with Gasteiger partial charge in [-0.2, -0.15) is 10.1 Å². The molecule has 1 atom stereocenters. The van der Waals surface area contributed by atoms with Crippen molar-refractivity contribution in [1.82, 2.24) is 14.8 Å². The van der Waals surface area contributed by atoms with Gasteiger partial charge in [-0.15, -0.1) is 0 Å². The second kappa shape index (κ2) is 9.95. The molecule has 4 aromatic rings. The normalized spacial score (nSPS) is 14.6. The van der Waals surface area contributed by atoms with Crippen molar-refractivity contribution in [3.63, 3.8) is 0 Å². The van der Waals surface area contributed by atoms with Gasteiger partial charge in [0.15, 0.2) is 11.5 Å². The zero-order chi connectivity index (χ0) is 25.1. The number of methoxy groups -OCH3 is 1. The first kappa shape index (κ1) is 23.2. The van der Waals surface area contributed by atoms with E-state index < -0.39 is 6.04 Å². The number of fused-ring (bicyclic) bond motifs is 1. The molecule has 1 aliphatic heterocycles. The van der Waals surface area contributed by atoms with Crippen molar-refractivity contribution in [2.45, 2.75) is 26.5 Å². The fourth-order valence-corrected chi connectivity index (χ4v) is 4.30. The van der Waals surface area contributed by atoms with Gasteiger partial charge in [0.05, 0.1) is 12.7 Å². The lowest BCUT2D eigenvalue weighted by molar-refractivity contribution is -0.113. The van der Waals surface area contributed by atoms with Gasteiger partial charge in [0.25, 0.3) is 5.91 Å². The second-order valence-electron chi connectivity index (χ2n) is 8.55. The molecule has 36 heavy (non-hydrogen) atoms. The molecule has 0 saturated carbocycles. The third-order valence-electron chi connectivity index (χ3n) is 6.17. The number of benzene rings is 3. The number of hydrogen-bond donors (Lipinski definition) is 2. The highest BCUT2D eigenvalue weighted by Gasteiger charge is 2.34. The van der Waals surface area contributed by atoms with Crippen LogP contribution in [-0.2, 0) is 11.4 Å². The lowest BCUT2D eigenvalue weighted by atomic mass is 9.94. The Bertz CT molecular complexity index is 1430. The summed E-state index contributed by atoms with van der Waals surface area (Å²) in [5, 5.41) is 10.7. The smallest absolute Gasteiger partial charge is 0.255 e. The number of nitrogens with zero attached hydrogens (tertiary/aromatic N) is 3. The molecular formula is C28H27N5O3. The Balaban J connectivity index is 1.49. The van der Waals surface area contributed by atoms with Crippen molar-refractivity contribution in [2.24, 2.45) is 0 Å². The highest BCUT2D eigenvalue weighted by atomic mass is 16.5. The van der Waals surface area contributed by atoms with Crippen molar-refractivity contribution in [1.29, 1.82) is 0 Å². The minimum absolute atomic E-state index is 0.219. The Kier molecular flexibility index (Phi) is 6.40. The second-order valence-corrected chi connectivity index (χ2v) is 8.55. The fourth-order valence-electron chi connectivity index (χ4n) is 4.30. The lowest BCUT2D eigenvalue weighted by Gasteiger charge is -2.29. The minimum atomic E-state index is -0.509. The summed E-state index contributed by atoms with van der Waals surface area (Å²) in [6.45, 7) is 4.24. The molecule has 182 valence electrons. The summed E-state index contributed by atoms with van der Waals surface area (Å²) >= 11 is 0. The third-order valence-corrected chi connectivity index (χ3v) is 6.17. The molecule has 1 amide bonds. The van der Waals surface area contributed by atoms with Crippen molar-refractivity contribution in [2.75, 3.05) is 17.7 Å². The maximum absolute atomic E-state index is 13.6. The summed E-state index contributed by atoms with van der Waals surface area (Å²) in [6.07, 6.45) is 1.47. The zero-order valence-corrected chi connectivity index (χ0v) is 20.4. The van der Waals surface area contributed by atoms with Crippen molar-refractivity contribution >= 4 is 17.5 Å². The molecule has 0 spiro atoms. The molecule has 1 aromatic heterocycles. The Labute approximate surface area is 209 Å². The highest BCUT2D eigenvalue weighted by molar-refractivity contribution is 6.06. The molecule has 3 aromatic carbocycles. The molecule has 2 N–H and O–H groups in total. The lowest BCUT2D eigenvalue weighted by Crippen LogP contribution is -2.31. The van der Waals surface area contributed by atoms with Gasteiger partial charge < -0.3 is 20.1 Å². The van der Waals surface area contributed by atoms with Gasteiger partial charge in [-0.1, -0.05) is 54.6 Å². The first-order valence-electron chi connectivity index (χ1n) is 11.6. The van der Waals surface area contributed by atoms with Crippen LogP contribution in [0.1, 0.15) is 29.7 Å². The number of aryl methyl sites for hydroxylation is 1. The maximum Gasteiger partial charge on any atom is 0.255 e. The number of nitrogens with one attached hydrogen (secondary N) is 2. The van der Waals surface area contributed by atoms with Gasteiger partial charge in [0.2, 0.25) is 5.95 Å². The van der Waals surface area contributed by atoms with Crippen LogP contribution >= 0.6 is 0 Å². The van der Waals surface area contributed by atoms with Crippen LogP contribution in [0.4, 0.5) is 11.6 Å². The molecular weight excluding hydrogens is 454 g/mol. The van der Waals surface area contributed by atoms with E-state index in [4.69, 9.17) is 9.47 Å². The third kappa shape index (κ3) is 4.53. The minimum Gasteiger partial charge on any atom is -0.493 e. The average Bonchev–Trinajstić information content (AvgIpc) is 3.36. The van der Waals surface area contributed by atoms with Crippen molar-refractivity contribution in [3.05, 3.63) is 107 Å². The number of hydrogen-bond acceptors (Lipinski definition) is 6. The number of allylic oxidation sites excluding steroid dienone is 1. The van der Waals surface area contributed by atoms with Crippen LogP contribution in [0.5, 0.6) is 11.5 Å². The summed E-state index contributed by atoms with van der Waals surface area (Å²) < 4.78 is 13.4. The summed E-state index contributed by atoms with van der Waals surface area (Å²) in [7, 11) is 1.60. The molecule has 0 radical (unpaired) electrons. The van der Waals surface area contributed by atoms with E-state index in [1.807, 2.05) is 86.6 Å². The van der Waals surface area contributed by atoms with Crippen LogP contribution in [-0.4, -0.2) is 27.8 Å². The van der Waals surface area contributed by atoms with Crippen LogP contribution in [0.3, 0.4) is 0 Å². The van der Waals surface area contributed by atoms with E-state index in [0.717, 1.165) is 22.4 Å². The van der Waals surface area contributed by atoms with Gasteiger partial charge in [-0.3, -0.25) is 4.79 Å². The number of para-hydroxylation sites is 1. The predicted octanol–water partition coefficient (Wildman–Crippen LogP) is 5.10. The van der Waals surface area contributed by atoms with Gasteiger partial charge in [0, 0.05) is 11.4 Å². The quantitative estimate of drug-likeness (QED) is 0.382. The summed E-state index contributed by atoms with van der Waals surface area (Å²) in [5.74, 6) is 1.53. The molecule has 1 unspecified atom stereocenters. The predicted molar refractivity (Wildman–Crippen MR) is 138 cm³/mol. The van der Waals surface area contributed by atoms with Crippen LogP contribution in [0, 0.1) is 6.92 Å². The SMILES string of the molecule is COc1cc(C2C(C(=O)Nc3ccccc3C)=C(C)Nc3ncnn32)ccc1OCc1ccccc1. The number of rotatable bonds is 7. The molecule has 8 heteroatoms. The number of carbonyl (C=O) groups is 1. The van der Waals surface area contributed by atoms with Gasteiger partial charge in [-0.05, 0) is 48.7 Å². The molecule has 0 saturated heterocycles. The summed E-state index contributed by atoms with van der Waals surface area (Å²) in [4.78, 5) is 17.9. The Morgan fingerprint density at radius 1 is 1.03 bits per heavy atom. The molecule has 1 aliphatic rings. The summed E-state index contributed by atoms with van der Waals surface area (Å²) in [6, 6.07) is 22.8. The number of amides is 1. The molecule has 0 fully saturated rings. The van der Waals surface area contributed by atoms with Crippen LogP contribution in [0.2, 0.25) is 0 Å². The number of aromatic nitrogens is 3. The van der Waals surface area contributed by atoms with E-state index in [9.17, 15) is 4.79 Å². The summed E-state index contributed by atoms with van der Waals surface area (Å²) in [5.41, 5.74) is 4.86. The number of carbonyl (C=O) groups excluding carboxylic acids is 1.